The molecule has 0 saturated carbocycles. The summed E-state index contributed by atoms with van der Waals surface area (Å²) in [7, 11) is 0. The molecule has 0 saturated heterocycles. The second kappa shape index (κ2) is 3.60. The van der Waals surface area contributed by atoms with E-state index in [0.29, 0.717) is 0 Å². The summed E-state index contributed by atoms with van der Waals surface area (Å²) in [5, 5.41) is 2.86. The van der Waals surface area contributed by atoms with E-state index in [9.17, 15) is 0 Å². The van der Waals surface area contributed by atoms with Crippen molar-refractivity contribution in [3.8, 4) is 0 Å². The van der Waals surface area contributed by atoms with Crippen molar-refractivity contribution in [3.63, 3.8) is 0 Å². The summed E-state index contributed by atoms with van der Waals surface area (Å²) >= 11 is 7.79. The van der Waals surface area contributed by atoms with E-state index < -0.39 is 0 Å². The van der Waals surface area contributed by atoms with Crippen LogP contribution in [0.3, 0.4) is 0 Å². The third-order valence-corrected chi connectivity index (χ3v) is 3.35. The lowest BCUT2D eigenvalue weighted by molar-refractivity contribution is 1.39. The van der Waals surface area contributed by atoms with E-state index in [2.05, 4.69) is 19.1 Å². The average Bonchev–Trinajstić information content (AvgIpc) is 2.29. The Balaban J connectivity index is 2.63. The molecule has 2 heteroatoms. The first kappa shape index (κ1) is 8.92. The van der Waals surface area contributed by atoms with Crippen LogP contribution in [0.2, 0.25) is 0 Å². The van der Waals surface area contributed by atoms with Crippen LogP contribution in [0.1, 0.15) is 12.5 Å². The summed E-state index contributed by atoms with van der Waals surface area (Å²) in [6.45, 7) is 2.05. The van der Waals surface area contributed by atoms with Gasteiger partial charge < -0.3 is 0 Å². The number of rotatable bonds is 0. The molecule has 0 nitrogen and oxygen atoms in total. The summed E-state index contributed by atoms with van der Waals surface area (Å²) in [6.07, 6.45) is 1.95. The zero-order valence-corrected chi connectivity index (χ0v) is 8.82. The van der Waals surface area contributed by atoms with Crippen molar-refractivity contribution in [2.24, 2.45) is 0 Å². The number of benzene rings is 1. The Morgan fingerprint density at radius 1 is 1.23 bits per heavy atom. The Labute approximate surface area is 87.3 Å². The highest BCUT2D eigenvalue weighted by atomic mass is 35.5. The fourth-order valence-corrected chi connectivity index (χ4v) is 2.40. The van der Waals surface area contributed by atoms with Gasteiger partial charge in [-0.1, -0.05) is 41.6 Å². The largest absolute Gasteiger partial charge is 0.0974 e. The van der Waals surface area contributed by atoms with E-state index in [4.69, 9.17) is 11.6 Å². The fraction of sp³-hybridized carbons (Fsp3) is 0.0909. The number of hydrogen-bond acceptors (Lipinski definition) is 1. The van der Waals surface area contributed by atoms with Gasteiger partial charge >= 0.3 is 0 Å². The Kier molecular flexibility index (Phi) is 2.47. The topological polar surface area (TPSA) is 0 Å². The lowest BCUT2D eigenvalue weighted by Gasteiger charge is -2.05. The lowest BCUT2D eigenvalue weighted by atomic mass is 10.1. The highest BCUT2D eigenvalue weighted by Gasteiger charge is 2.08. The fourth-order valence-electron chi connectivity index (χ4n) is 1.30. The third kappa shape index (κ3) is 1.67. The normalized spacial score (nSPS) is 15.5. The van der Waals surface area contributed by atoms with Gasteiger partial charge in [-0.3, -0.25) is 0 Å². The minimum absolute atomic E-state index is 0.831. The molecule has 0 aromatic heterocycles. The summed E-state index contributed by atoms with van der Waals surface area (Å²) in [6, 6.07) is 8.31. The SMILES string of the molecule is CC1=C(Cl)C=CSc2ccccc21. The molecule has 1 aliphatic rings. The molecular weight excluding hydrogens is 200 g/mol. The summed E-state index contributed by atoms with van der Waals surface area (Å²) in [5.74, 6) is 0. The quantitative estimate of drug-likeness (QED) is 0.614. The molecule has 0 bridgehead atoms. The van der Waals surface area contributed by atoms with E-state index in [0.717, 1.165) is 10.6 Å². The molecule has 66 valence electrons. The molecule has 0 N–H and O–H groups in total. The van der Waals surface area contributed by atoms with Crippen molar-refractivity contribution < 1.29 is 0 Å². The van der Waals surface area contributed by atoms with Gasteiger partial charge in [0.05, 0.1) is 0 Å². The number of halogens is 1. The maximum atomic E-state index is 6.08. The molecule has 0 aliphatic carbocycles. The molecular formula is C11H9ClS. The van der Waals surface area contributed by atoms with Gasteiger partial charge in [-0.05, 0) is 35.6 Å². The molecule has 0 atom stereocenters. The third-order valence-electron chi connectivity index (χ3n) is 2.06. The minimum Gasteiger partial charge on any atom is -0.0974 e. The lowest BCUT2D eigenvalue weighted by Crippen LogP contribution is -1.82. The van der Waals surface area contributed by atoms with Crippen molar-refractivity contribution >= 4 is 28.9 Å². The van der Waals surface area contributed by atoms with Crippen LogP contribution in [0.5, 0.6) is 0 Å². The van der Waals surface area contributed by atoms with Gasteiger partial charge in [0.2, 0.25) is 0 Å². The van der Waals surface area contributed by atoms with Crippen molar-refractivity contribution in [1.82, 2.24) is 0 Å². The molecule has 1 aromatic carbocycles. The molecule has 13 heavy (non-hydrogen) atoms. The second-order valence-corrected chi connectivity index (χ2v) is 4.24. The van der Waals surface area contributed by atoms with Crippen LogP contribution in [0.25, 0.3) is 5.57 Å². The van der Waals surface area contributed by atoms with Gasteiger partial charge in [0, 0.05) is 9.93 Å². The van der Waals surface area contributed by atoms with Crippen LogP contribution in [-0.2, 0) is 0 Å². The first-order chi connectivity index (χ1) is 6.29. The van der Waals surface area contributed by atoms with Crippen LogP contribution in [0, 0.1) is 0 Å². The van der Waals surface area contributed by atoms with Crippen LogP contribution in [0.4, 0.5) is 0 Å². The standard InChI is InChI=1S/C11H9ClS/c1-8-9-4-2-3-5-11(9)13-7-6-10(8)12/h2-7H,1H3. The highest BCUT2D eigenvalue weighted by Crippen LogP contribution is 2.34. The molecule has 0 fully saturated rings. The molecule has 0 amide bonds. The molecule has 1 heterocycles. The van der Waals surface area contributed by atoms with E-state index in [1.807, 2.05) is 23.6 Å². The molecule has 2 rings (SSSR count). The van der Waals surface area contributed by atoms with Gasteiger partial charge in [-0.2, -0.15) is 0 Å². The Bertz CT molecular complexity index is 391. The van der Waals surface area contributed by atoms with E-state index in [1.165, 1.54) is 10.5 Å². The van der Waals surface area contributed by atoms with E-state index >= 15 is 0 Å². The number of hydrogen-bond donors (Lipinski definition) is 0. The van der Waals surface area contributed by atoms with E-state index in [-0.39, 0.29) is 0 Å². The summed E-state index contributed by atoms with van der Waals surface area (Å²) in [4.78, 5) is 1.27. The monoisotopic (exact) mass is 208 g/mol. The molecule has 0 unspecified atom stereocenters. The van der Waals surface area contributed by atoms with Crippen molar-refractivity contribution in [1.29, 1.82) is 0 Å². The summed E-state index contributed by atoms with van der Waals surface area (Å²) in [5.41, 5.74) is 2.39. The number of allylic oxidation sites excluding steroid dienone is 3. The molecule has 1 aliphatic heterocycles. The maximum absolute atomic E-state index is 6.08. The molecule has 0 spiro atoms. The maximum Gasteiger partial charge on any atom is 0.0446 e. The Morgan fingerprint density at radius 3 is 2.85 bits per heavy atom. The molecule has 0 radical (unpaired) electrons. The molecule has 1 aromatic rings. The summed E-state index contributed by atoms with van der Waals surface area (Å²) < 4.78 is 0. The number of thioether (sulfide) groups is 1. The smallest absolute Gasteiger partial charge is 0.0446 e. The van der Waals surface area contributed by atoms with Crippen LogP contribution >= 0.6 is 23.4 Å². The van der Waals surface area contributed by atoms with Crippen LogP contribution in [0.15, 0.2) is 45.7 Å². The minimum atomic E-state index is 0.831. The average molecular weight is 209 g/mol. The van der Waals surface area contributed by atoms with Crippen LogP contribution < -0.4 is 0 Å². The first-order valence-electron chi connectivity index (χ1n) is 4.08. The number of fused-ring (bicyclic) bond motifs is 1. The van der Waals surface area contributed by atoms with Crippen molar-refractivity contribution in [3.05, 3.63) is 46.3 Å². The van der Waals surface area contributed by atoms with Gasteiger partial charge in [0.15, 0.2) is 0 Å². The highest BCUT2D eigenvalue weighted by molar-refractivity contribution is 8.02. The van der Waals surface area contributed by atoms with Crippen molar-refractivity contribution in [2.75, 3.05) is 0 Å². The second-order valence-electron chi connectivity index (χ2n) is 2.89. The predicted molar refractivity (Wildman–Crippen MR) is 59.9 cm³/mol. The predicted octanol–water partition coefficient (Wildman–Crippen LogP) is 4.28. The Morgan fingerprint density at radius 2 is 2.00 bits per heavy atom. The zero-order valence-electron chi connectivity index (χ0n) is 7.25. The van der Waals surface area contributed by atoms with Gasteiger partial charge in [0.25, 0.3) is 0 Å². The van der Waals surface area contributed by atoms with E-state index in [1.54, 1.807) is 11.8 Å². The zero-order chi connectivity index (χ0) is 9.26. The van der Waals surface area contributed by atoms with Gasteiger partial charge in [-0.15, -0.1) is 0 Å². The first-order valence-corrected chi connectivity index (χ1v) is 5.34. The van der Waals surface area contributed by atoms with Crippen LogP contribution in [-0.4, -0.2) is 0 Å². The van der Waals surface area contributed by atoms with Gasteiger partial charge in [-0.25, -0.2) is 0 Å². The van der Waals surface area contributed by atoms with Gasteiger partial charge in [0.1, 0.15) is 0 Å². The van der Waals surface area contributed by atoms with Crippen molar-refractivity contribution in [2.45, 2.75) is 11.8 Å². The Hall–Kier alpha value is -0.660.